The summed E-state index contributed by atoms with van der Waals surface area (Å²) in [5.74, 6) is 0. The summed E-state index contributed by atoms with van der Waals surface area (Å²) in [6, 6.07) is 35.7. The van der Waals surface area contributed by atoms with Gasteiger partial charge in [0.15, 0.2) is 14.7 Å². The topological polar surface area (TPSA) is 13.1 Å². The van der Waals surface area contributed by atoms with E-state index < -0.39 is 0 Å². The van der Waals surface area contributed by atoms with Crippen molar-refractivity contribution in [3.05, 3.63) is 108 Å². The zero-order chi connectivity index (χ0) is 18.9. The average molecular weight is 477 g/mol. The van der Waals surface area contributed by atoms with Gasteiger partial charge in [-0.15, -0.1) is 0 Å². The molecule has 0 fully saturated rings. The molecule has 1 aromatic heterocycles. The zero-order valence-electron chi connectivity index (χ0n) is 15.4. The number of halogens is 1. The van der Waals surface area contributed by atoms with Gasteiger partial charge in [0.2, 0.25) is 0 Å². The van der Waals surface area contributed by atoms with Crippen LogP contribution in [0.25, 0.3) is 21.9 Å². The first-order valence-electron chi connectivity index (χ1n) is 9.11. The van der Waals surface area contributed by atoms with E-state index in [2.05, 4.69) is 78.9 Å². The van der Waals surface area contributed by atoms with Crippen molar-refractivity contribution in [2.24, 2.45) is 0 Å². The van der Waals surface area contributed by atoms with Crippen molar-refractivity contribution in [3.63, 3.8) is 0 Å². The maximum atomic E-state index is 6.11. The van der Waals surface area contributed by atoms with E-state index in [-0.39, 0.29) is 27.9 Å². The van der Waals surface area contributed by atoms with Gasteiger partial charge in [-0.1, -0.05) is 60.7 Å². The summed E-state index contributed by atoms with van der Waals surface area (Å²) in [7, 11) is -0.201. The second-order valence-corrected chi connectivity index (χ2v) is 8.95. The number of benzene rings is 4. The SMILES string of the molecule is S=c1c2ccccc2oc2ccc([S+](c3ccccc3)c3ccccc3)cc12.[Br-]. The lowest BCUT2D eigenvalue weighted by Crippen LogP contribution is -3.00. The Morgan fingerprint density at radius 1 is 0.552 bits per heavy atom. The summed E-state index contributed by atoms with van der Waals surface area (Å²) in [6.45, 7) is 0. The fourth-order valence-electron chi connectivity index (χ4n) is 3.43. The van der Waals surface area contributed by atoms with Crippen LogP contribution >= 0.6 is 12.2 Å². The van der Waals surface area contributed by atoms with Crippen LogP contribution in [0.4, 0.5) is 0 Å². The maximum absolute atomic E-state index is 6.11. The highest BCUT2D eigenvalue weighted by atomic mass is 79.9. The molecule has 0 radical (unpaired) electrons. The van der Waals surface area contributed by atoms with Crippen LogP contribution in [-0.2, 0) is 10.9 Å². The van der Waals surface area contributed by atoms with E-state index in [0.29, 0.717) is 0 Å². The Kier molecular flexibility index (Phi) is 5.86. The molecule has 0 spiro atoms. The van der Waals surface area contributed by atoms with Gasteiger partial charge in [-0.2, -0.15) is 0 Å². The number of hydrogen-bond donors (Lipinski definition) is 0. The van der Waals surface area contributed by atoms with Crippen molar-refractivity contribution < 1.29 is 21.4 Å². The fourth-order valence-corrected chi connectivity index (χ4v) is 5.87. The third kappa shape index (κ3) is 3.76. The molecule has 4 heteroatoms. The van der Waals surface area contributed by atoms with Crippen LogP contribution in [-0.4, -0.2) is 0 Å². The van der Waals surface area contributed by atoms with E-state index in [4.69, 9.17) is 16.6 Å². The van der Waals surface area contributed by atoms with E-state index in [0.717, 1.165) is 26.4 Å². The Bertz CT molecular complexity index is 1290. The second kappa shape index (κ2) is 8.54. The van der Waals surface area contributed by atoms with Crippen molar-refractivity contribution in [3.8, 4) is 0 Å². The summed E-state index contributed by atoms with van der Waals surface area (Å²) in [6.07, 6.45) is 0. The Balaban J connectivity index is 0.00000205. The predicted octanol–water partition coefficient (Wildman–Crippen LogP) is 4.41. The molecule has 0 amide bonds. The van der Waals surface area contributed by atoms with Crippen LogP contribution in [0.1, 0.15) is 0 Å². The molecule has 0 atom stereocenters. The molecular weight excluding hydrogens is 460 g/mol. The Labute approximate surface area is 188 Å². The van der Waals surface area contributed by atoms with Gasteiger partial charge in [-0.05, 0) is 48.5 Å². The van der Waals surface area contributed by atoms with Crippen molar-refractivity contribution in [2.75, 3.05) is 0 Å². The van der Waals surface area contributed by atoms with E-state index in [9.17, 15) is 0 Å². The van der Waals surface area contributed by atoms with E-state index in [1.807, 2.05) is 24.3 Å². The molecule has 0 saturated heterocycles. The normalized spacial score (nSPS) is 10.9. The molecule has 0 aliphatic rings. The lowest BCUT2D eigenvalue weighted by Gasteiger charge is -2.09. The van der Waals surface area contributed by atoms with Gasteiger partial charge in [0.05, 0.1) is 15.4 Å². The van der Waals surface area contributed by atoms with Crippen LogP contribution < -0.4 is 17.0 Å². The molecule has 0 bridgehead atoms. The van der Waals surface area contributed by atoms with Crippen molar-refractivity contribution in [2.45, 2.75) is 14.7 Å². The van der Waals surface area contributed by atoms with Crippen molar-refractivity contribution >= 4 is 45.1 Å². The predicted molar refractivity (Wildman–Crippen MR) is 120 cm³/mol. The molecule has 0 unspecified atom stereocenters. The standard InChI is InChI=1S/C25H17OS2.BrH/c27-25-21-13-7-8-14-23(21)26-24-16-15-20(17-22(24)25)28(18-9-3-1-4-10-18)19-11-5-2-6-12-19;/h1-17H;1H/q+1;/p-1. The molecule has 5 rings (SSSR count). The van der Waals surface area contributed by atoms with Crippen LogP contribution in [0.15, 0.2) is 122 Å². The summed E-state index contributed by atoms with van der Waals surface area (Å²) in [5, 5.41) is 1.98. The number of rotatable bonds is 3. The monoisotopic (exact) mass is 476 g/mol. The van der Waals surface area contributed by atoms with Gasteiger partial charge in [-0.25, -0.2) is 0 Å². The Morgan fingerprint density at radius 2 is 1.10 bits per heavy atom. The minimum absolute atomic E-state index is 0. The summed E-state index contributed by atoms with van der Waals surface area (Å²) in [4.78, 5) is 3.81. The molecular formula is C25H17BrOS2. The molecule has 142 valence electrons. The molecule has 0 aliphatic carbocycles. The van der Waals surface area contributed by atoms with Gasteiger partial charge in [-0.3, -0.25) is 0 Å². The molecule has 4 aromatic carbocycles. The van der Waals surface area contributed by atoms with Gasteiger partial charge in [0, 0.05) is 16.8 Å². The highest BCUT2D eigenvalue weighted by Crippen LogP contribution is 2.34. The molecule has 0 aliphatic heterocycles. The van der Waals surface area contributed by atoms with Crippen molar-refractivity contribution in [1.82, 2.24) is 0 Å². The van der Waals surface area contributed by atoms with Crippen LogP contribution in [0.3, 0.4) is 0 Å². The van der Waals surface area contributed by atoms with Crippen LogP contribution in [0.5, 0.6) is 0 Å². The summed E-state index contributed by atoms with van der Waals surface area (Å²) >= 11 is 5.82. The number of hydrogen-bond acceptors (Lipinski definition) is 2. The Hall–Kier alpha value is -2.40. The molecule has 1 nitrogen and oxygen atoms in total. The third-order valence-electron chi connectivity index (χ3n) is 4.74. The molecule has 5 aromatic rings. The number of fused-ring (bicyclic) bond motifs is 2. The summed E-state index contributed by atoms with van der Waals surface area (Å²) < 4.78 is 6.96. The first-order chi connectivity index (χ1) is 13.8. The van der Waals surface area contributed by atoms with E-state index >= 15 is 0 Å². The maximum Gasteiger partial charge on any atom is 0.167 e. The average Bonchev–Trinajstić information content (AvgIpc) is 2.76. The van der Waals surface area contributed by atoms with Gasteiger partial charge in [0.25, 0.3) is 0 Å². The lowest BCUT2D eigenvalue weighted by atomic mass is 10.1. The van der Waals surface area contributed by atoms with Gasteiger partial charge >= 0.3 is 0 Å². The molecule has 29 heavy (non-hydrogen) atoms. The smallest absolute Gasteiger partial charge is 0.167 e. The molecule has 1 heterocycles. The van der Waals surface area contributed by atoms with E-state index in [1.165, 1.54) is 14.7 Å². The molecule has 0 N–H and O–H groups in total. The minimum Gasteiger partial charge on any atom is -1.00 e. The first-order valence-corrected chi connectivity index (χ1v) is 10.7. The fraction of sp³-hybridized carbons (Fsp3) is 0. The largest absolute Gasteiger partial charge is 1.00 e. The number of para-hydroxylation sites is 1. The van der Waals surface area contributed by atoms with E-state index in [1.54, 1.807) is 0 Å². The van der Waals surface area contributed by atoms with Crippen LogP contribution in [0, 0.1) is 4.51 Å². The first kappa shape index (κ1) is 19.9. The minimum atomic E-state index is -0.201. The van der Waals surface area contributed by atoms with Gasteiger partial charge < -0.3 is 21.4 Å². The third-order valence-corrected chi connectivity index (χ3v) is 7.39. The zero-order valence-corrected chi connectivity index (χ0v) is 18.6. The Morgan fingerprint density at radius 3 is 1.76 bits per heavy atom. The van der Waals surface area contributed by atoms with Crippen LogP contribution in [0.2, 0.25) is 0 Å². The quantitative estimate of drug-likeness (QED) is 0.217. The van der Waals surface area contributed by atoms with Crippen molar-refractivity contribution in [1.29, 1.82) is 0 Å². The van der Waals surface area contributed by atoms with Gasteiger partial charge in [0.1, 0.15) is 11.2 Å². The summed E-state index contributed by atoms with van der Waals surface area (Å²) in [5.41, 5.74) is 1.66. The highest BCUT2D eigenvalue weighted by Gasteiger charge is 2.28. The highest BCUT2D eigenvalue weighted by molar-refractivity contribution is 7.97. The second-order valence-electron chi connectivity index (χ2n) is 6.52. The lowest BCUT2D eigenvalue weighted by molar-refractivity contribution is -0.00000576. The molecule has 0 saturated carbocycles.